The molecule has 0 saturated heterocycles. The van der Waals surface area contributed by atoms with Gasteiger partial charge in [-0.15, -0.1) is 0 Å². The third-order valence-electron chi connectivity index (χ3n) is 2.86. The lowest BCUT2D eigenvalue weighted by molar-refractivity contribution is 0.0697. The van der Waals surface area contributed by atoms with Crippen molar-refractivity contribution in [3.63, 3.8) is 0 Å². The van der Waals surface area contributed by atoms with Gasteiger partial charge in [0.1, 0.15) is 0 Å². The van der Waals surface area contributed by atoms with Gasteiger partial charge in [0.25, 0.3) is 0 Å². The number of aryl methyl sites for hydroxylation is 2. The molecule has 1 aromatic heterocycles. The Morgan fingerprint density at radius 1 is 1.00 bits per heavy atom. The Kier molecular flexibility index (Phi) is 4.18. The normalized spacial score (nSPS) is 10.0. The van der Waals surface area contributed by atoms with Gasteiger partial charge in [0, 0.05) is 11.4 Å². The van der Waals surface area contributed by atoms with E-state index >= 15 is 0 Å². The number of pyridine rings is 1. The standard InChI is InChI=1S/C15H15N3O3/c1-9-3-8-13(10(2)16-9)18-15(21)17-12-6-4-11(5-7-12)14(19)20/h3-8H,1-2H3,(H,19,20)(H2,17,18,21). The number of aromatic carboxylic acids is 1. The third-order valence-corrected chi connectivity index (χ3v) is 2.86. The number of amides is 2. The molecule has 1 heterocycles. The molecule has 1 aromatic carbocycles. The number of nitrogens with zero attached hydrogens (tertiary/aromatic N) is 1. The van der Waals surface area contributed by atoms with Crippen LogP contribution in [0, 0.1) is 13.8 Å². The fourth-order valence-electron chi connectivity index (χ4n) is 1.80. The largest absolute Gasteiger partial charge is 0.478 e. The first kappa shape index (κ1) is 14.5. The predicted molar refractivity (Wildman–Crippen MR) is 79.8 cm³/mol. The van der Waals surface area contributed by atoms with E-state index in [1.165, 1.54) is 24.3 Å². The van der Waals surface area contributed by atoms with Crippen molar-refractivity contribution >= 4 is 23.4 Å². The van der Waals surface area contributed by atoms with E-state index in [1.54, 1.807) is 6.07 Å². The number of nitrogens with one attached hydrogen (secondary N) is 2. The highest BCUT2D eigenvalue weighted by Crippen LogP contribution is 2.14. The maximum Gasteiger partial charge on any atom is 0.335 e. The number of carbonyl (C=O) groups is 2. The van der Waals surface area contributed by atoms with E-state index in [-0.39, 0.29) is 5.56 Å². The second-order valence-corrected chi connectivity index (χ2v) is 4.55. The van der Waals surface area contributed by atoms with Crippen LogP contribution in [0.3, 0.4) is 0 Å². The van der Waals surface area contributed by atoms with E-state index in [4.69, 9.17) is 5.11 Å². The Balaban J connectivity index is 2.02. The van der Waals surface area contributed by atoms with E-state index < -0.39 is 12.0 Å². The highest BCUT2D eigenvalue weighted by molar-refractivity contribution is 6.00. The Morgan fingerprint density at radius 3 is 2.24 bits per heavy atom. The topological polar surface area (TPSA) is 91.3 Å². The summed E-state index contributed by atoms with van der Waals surface area (Å²) in [6.07, 6.45) is 0. The van der Waals surface area contributed by atoms with Crippen molar-refractivity contribution in [2.45, 2.75) is 13.8 Å². The second-order valence-electron chi connectivity index (χ2n) is 4.55. The molecule has 0 aliphatic carbocycles. The van der Waals surface area contributed by atoms with Gasteiger partial charge in [-0.25, -0.2) is 9.59 Å². The minimum Gasteiger partial charge on any atom is -0.478 e. The van der Waals surface area contributed by atoms with Crippen LogP contribution in [0.5, 0.6) is 0 Å². The van der Waals surface area contributed by atoms with Crippen LogP contribution >= 0.6 is 0 Å². The molecule has 21 heavy (non-hydrogen) atoms. The summed E-state index contributed by atoms with van der Waals surface area (Å²) < 4.78 is 0. The highest BCUT2D eigenvalue weighted by Gasteiger charge is 2.07. The summed E-state index contributed by atoms with van der Waals surface area (Å²) in [5.41, 5.74) is 2.91. The molecular weight excluding hydrogens is 270 g/mol. The monoisotopic (exact) mass is 285 g/mol. The van der Waals surface area contributed by atoms with E-state index in [0.717, 1.165) is 11.4 Å². The molecule has 0 radical (unpaired) electrons. The number of benzene rings is 1. The zero-order valence-corrected chi connectivity index (χ0v) is 11.7. The highest BCUT2D eigenvalue weighted by atomic mass is 16.4. The first-order valence-electron chi connectivity index (χ1n) is 6.31. The lowest BCUT2D eigenvalue weighted by atomic mass is 10.2. The molecule has 0 aliphatic rings. The molecule has 0 atom stereocenters. The van der Waals surface area contributed by atoms with Crippen LogP contribution in [-0.4, -0.2) is 22.1 Å². The number of carboxylic acids is 1. The molecule has 0 fully saturated rings. The molecule has 0 unspecified atom stereocenters. The Hall–Kier alpha value is -2.89. The zero-order valence-electron chi connectivity index (χ0n) is 11.7. The van der Waals surface area contributed by atoms with E-state index in [1.807, 2.05) is 19.9 Å². The van der Waals surface area contributed by atoms with Gasteiger partial charge < -0.3 is 15.7 Å². The minimum absolute atomic E-state index is 0.166. The van der Waals surface area contributed by atoms with Crippen molar-refractivity contribution in [2.75, 3.05) is 10.6 Å². The minimum atomic E-state index is -1.01. The van der Waals surface area contributed by atoms with Crippen LogP contribution in [0.25, 0.3) is 0 Å². The second kappa shape index (κ2) is 6.04. The molecule has 6 nitrogen and oxygen atoms in total. The summed E-state index contributed by atoms with van der Waals surface area (Å²) in [5.74, 6) is -1.01. The zero-order chi connectivity index (χ0) is 15.4. The smallest absolute Gasteiger partial charge is 0.335 e. The van der Waals surface area contributed by atoms with Gasteiger partial charge in [-0.2, -0.15) is 0 Å². The first-order chi connectivity index (χ1) is 9.95. The van der Waals surface area contributed by atoms with Gasteiger partial charge in [-0.05, 0) is 50.2 Å². The van der Waals surface area contributed by atoms with Gasteiger partial charge in [-0.3, -0.25) is 4.98 Å². The van der Waals surface area contributed by atoms with Crippen LogP contribution in [-0.2, 0) is 0 Å². The molecule has 0 bridgehead atoms. The maximum atomic E-state index is 11.9. The number of carbonyl (C=O) groups excluding carboxylic acids is 1. The van der Waals surface area contributed by atoms with Crippen molar-refractivity contribution in [1.82, 2.24) is 4.98 Å². The average molecular weight is 285 g/mol. The van der Waals surface area contributed by atoms with Gasteiger partial charge in [-0.1, -0.05) is 0 Å². The molecule has 2 amide bonds. The molecule has 0 spiro atoms. The molecule has 2 rings (SSSR count). The number of hydrogen-bond acceptors (Lipinski definition) is 3. The maximum absolute atomic E-state index is 11.9. The fraction of sp³-hybridized carbons (Fsp3) is 0.133. The summed E-state index contributed by atoms with van der Waals surface area (Å²) >= 11 is 0. The van der Waals surface area contributed by atoms with Gasteiger partial charge in [0.15, 0.2) is 0 Å². The van der Waals surface area contributed by atoms with Gasteiger partial charge >= 0.3 is 12.0 Å². The lowest BCUT2D eigenvalue weighted by Gasteiger charge is -2.10. The molecule has 3 N–H and O–H groups in total. The summed E-state index contributed by atoms with van der Waals surface area (Å²) in [5, 5.41) is 14.1. The Labute approximate surface area is 121 Å². The number of hydrogen-bond donors (Lipinski definition) is 3. The summed E-state index contributed by atoms with van der Waals surface area (Å²) in [6.45, 7) is 3.69. The van der Waals surface area contributed by atoms with Crippen molar-refractivity contribution in [2.24, 2.45) is 0 Å². The number of anilines is 2. The number of carboxylic acid groups (broad SMARTS) is 1. The quantitative estimate of drug-likeness (QED) is 0.808. The van der Waals surface area contributed by atoms with E-state index in [0.29, 0.717) is 11.4 Å². The van der Waals surface area contributed by atoms with Gasteiger partial charge in [0.05, 0.1) is 16.9 Å². The summed E-state index contributed by atoms with van der Waals surface area (Å²) in [7, 11) is 0. The molecule has 108 valence electrons. The van der Waals surface area contributed by atoms with Crippen LogP contribution in [0.1, 0.15) is 21.7 Å². The van der Waals surface area contributed by atoms with Crippen LogP contribution in [0.2, 0.25) is 0 Å². The predicted octanol–water partition coefficient (Wildman–Crippen LogP) is 3.04. The average Bonchev–Trinajstić information content (AvgIpc) is 2.42. The van der Waals surface area contributed by atoms with E-state index in [2.05, 4.69) is 15.6 Å². The SMILES string of the molecule is Cc1ccc(NC(=O)Nc2ccc(C(=O)O)cc2)c(C)n1. The Bertz CT molecular complexity index is 681. The number of rotatable bonds is 3. The van der Waals surface area contributed by atoms with Crippen LogP contribution in [0.15, 0.2) is 36.4 Å². The van der Waals surface area contributed by atoms with Crippen molar-refractivity contribution in [3.05, 3.63) is 53.3 Å². The third kappa shape index (κ3) is 3.79. The molecular formula is C15H15N3O3. The Morgan fingerprint density at radius 2 is 1.67 bits per heavy atom. The van der Waals surface area contributed by atoms with Crippen LogP contribution in [0.4, 0.5) is 16.2 Å². The first-order valence-corrected chi connectivity index (χ1v) is 6.31. The van der Waals surface area contributed by atoms with Crippen molar-refractivity contribution in [3.8, 4) is 0 Å². The summed E-state index contributed by atoms with van der Waals surface area (Å²) in [6, 6.07) is 9.10. The van der Waals surface area contributed by atoms with E-state index in [9.17, 15) is 9.59 Å². The van der Waals surface area contributed by atoms with Crippen molar-refractivity contribution < 1.29 is 14.7 Å². The molecule has 0 saturated carbocycles. The summed E-state index contributed by atoms with van der Waals surface area (Å²) in [4.78, 5) is 26.9. The molecule has 0 aliphatic heterocycles. The number of urea groups is 1. The van der Waals surface area contributed by atoms with Crippen LogP contribution < -0.4 is 10.6 Å². The van der Waals surface area contributed by atoms with Gasteiger partial charge in [0.2, 0.25) is 0 Å². The fourth-order valence-corrected chi connectivity index (χ4v) is 1.80. The molecule has 6 heteroatoms. The number of aromatic nitrogens is 1. The van der Waals surface area contributed by atoms with Crippen molar-refractivity contribution in [1.29, 1.82) is 0 Å². The lowest BCUT2D eigenvalue weighted by Crippen LogP contribution is -2.20. The molecule has 2 aromatic rings.